The first-order valence-corrected chi connectivity index (χ1v) is 11.9. The maximum atomic E-state index is 13.6. The third-order valence-electron chi connectivity index (χ3n) is 5.59. The Morgan fingerprint density at radius 2 is 1.94 bits per heavy atom. The minimum atomic E-state index is -3.56. The van der Waals surface area contributed by atoms with Crippen molar-refractivity contribution in [1.29, 1.82) is 0 Å². The molecule has 0 bridgehead atoms. The van der Waals surface area contributed by atoms with Crippen molar-refractivity contribution >= 4 is 32.4 Å². The summed E-state index contributed by atoms with van der Waals surface area (Å²) in [4.78, 5) is 22.2. The van der Waals surface area contributed by atoms with E-state index in [1.54, 1.807) is 18.2 Å². The number of nitrogens with zero attached hydrogens (tertiary/aromatic N) is 3. The van der Waals surface area contributed by atoms with Gasteiger partial charge in [0, 0.05) is 40.5 Å². The molecule has 1 fully saturated rings. The summed E-state index contributed by atoms with van der Waals surface area (Å²) in [5.74, 6) is 0.492. The molecular weight excluding hydrogens is 418 g/mol. The van der Waals surface area contributed by atoms with Crippen LogP contribution in [0.25, 0.3) is 22.0 Å². The molecule has 1 saturated carbocycles. The van der Waals surface area contributed by atoms with Gasteiger partial charge in [0.25, 0.3) is 5.56 Å². The summed E-state index contributed by atoms with van der Waals surface area (Å²) in [6.07, 6.45) is 6.52. The van der Waals surface area contributed by atoms with Crippen LogP contribution in [0.15, 0.2) is 29.2 Å². The number of ether oxygens (including phenoxy) is 1. The highest BCUT2D eigenvalue weighted by Crippen LogP contribution is 2.34. The lowest BCUT2D eigenvalue weighted by molar-refractivity contribution is 0.400. The summed E-state index contributed by atoms with van der Waals surface area (Å²) in [6.45, 7) is 1.86. The molecule has 0 spiro atoms. The Hall–Kier alpha value is -3.14. The van der Waals surface area contributed by atoms with E-state index in [-0.39, 0.29) is 23.2 Å². The maximum absolute atomic E-state index is 13.6. The van der Waals surface area contributed by atoms with E-state index >= 15 is 0 Å². The fourth-order valence-electron chi connectivity index (χ4n) is 4.28. The number of pyridine rings is 3. The number of nitrogen functional groups attached to an aromatic ring is 1. The molecule has 4 rings (SSSR count). The number of nitrogens with two attached hydrogens (primary N) is 1. The van der Waals surface area contributed by atoms with E-state index in [2.05, 4.69) is 14.7 Å². The van der Waals surface area contributed by atoms with Crippen LogP contribution in [0.4, 0.5) is 11.5 Å². The number of methoxy groups -OCH3 is 1. The van der Waals surface area contributed by atoms with Gasteiger partial charge in [-0.25, -0.2) is 18.4 Å². The molecule has 0 saturated heterocycles. The molecule has 3 heterocycles. The van der Waals surface area contributed by atoms with Gasteiger partial charge in [-0.1, -0.05) is 12.8 Å². The predicted octanol–water partition coefficient (Wildman–Crippen LogP) is 2.84. The van der Waals surface area contributed by atoms with Crippen molar-refractivity contribution in [3.05, 3.63) is 40.4 Å². The highest BCUT2D eigenvalue weighted by molar-refractivity contribution is 7.92. The fourth-order valence-corrected chi connectivity index (χ4v) is 4.82. The molecule has 31 heavy (non-hydrogen) atoms. The van der Waals surface area contributed by atoms with Gasteiger partial charge in [0.15, 0.2) is 0 Å². The van der Waals surface area contributed by atoms with Crippen LogP contribution in [-0.4, -0.2) is 36.3 Å². The van der Waals surface area contributed by atoms with Crippen molar-refractivity contribution in [3.63, 3.8) is 0 Å². The zero-order valence-electron chi connectivity index (χ0n) is 17.7. The summed E-state index contributed by atoms with van der Waals surface area (Å²) < 4.78 is 33.0. The van der Waals surface area contributed by atoms with Crippen LogP contribution in [0.3, 0.4) is 0 Å². The number of anilines is 2. The second kappa shape index (κ2) is 7.84. The van der Waals surface area contributed by atoms with Crippen LogP contribution in [0.2, 0.25) is 0 Å². The molecular formula is C21H25N5O4S. The SMILES string of the molecule is COc1ncc(-c2cc3c(C)nc(N)cc3n(C3CCCC3)c2=O)cc1NS(C)(=O)=O. The first-order valence-electron chi connectivity index (χ1n) is 10.0. The minimum absolute atomic E-state index is 0.0796. The van der Waals surface area contributed by atoms with Gasteiger partial charge in [0.1, 0.15) is 11.5 Å². The second-order valence-electron chi connectivity index (χ2n) is 7.89. The van der Waals surface area contributed by atoms with E-state index in [1.165, 1.54) is 13.3 Å². The third kappa shape index (κ3) is 4.07. The van der Waals surface area contributed by atoms with Crippen molar-refractivity contribution < 1.29 is 13.2 Å². The topological polar surface area (TPSA) is 129 Å². The molecule has 0 atom stereocenters. The summed E-state index contributed by atoms with van der Waals surface area (Å²) in [7, 11) is -2.16. The average Bonchev–Trinajstić information content (AvgIpc) is 3.20. The Morgan fingerprint density at radius 3 is 2.58 bits per heavy atom. The number of aryl methyl sites for hydroxylation is 1. The normalized spacial score (nSPS) is 14.8. The maximum Gasteiger partial charge on any atom is 0.259 e. The van der Waals surface area contributed by atoms with Crippen LogP contribution < -0.4 is 20.8 Å². The first-order chi connectivity index (χ1) is 14.7. The Morgan fingerprint density at radius 1 is 1.23 bits per heavy atom. The molecule has 3 N–H and O–H groups in total. The highest BCUT2D eigenvalue weighted by atomic mass is 32.2. The van der Waals surface area contributed by atoms with Crippen molar-refractivity contribution in [2.75, 3.05) is 23.8 Å². The van der Waals surface area contributed by atoms with Gasteiger partial charge in [0.2, 0.25) is 15.9 Å². The van der Waals surface area contributed by atoms with Crippen LogP contribution >= 0.6 is 0 Å². The monoisotopic (exact) mass is 443 g/mol. The Balaban J connectivity index is 1.99. The second-order valence-corrected chi connectivity index (χ2v) is 9.64. The summed E-state index contributed by atoms with van der Waals surface area (Å²) in [5.41, 5.74) is 8.38. The lowest BCUT2D eigenvalue weighted by Crippen LogP contribution is -2.26. The molecule has 0 radical (unpaired) electrons. The van der Waals surface area contributed by atoms with Crippen LogP contribution in [0.5, 0.6) is 5.88 Å². The highest BCUT2D eigenvalue weighted by Gasteiger charge is 2.23. The first kappa shape index (κ1) is 21.1. The molecule has 164 valence electrons. The van der Waals surface area contributed by atoms with E-state index in [9.17, 15) is 13.2 Å². The van der Waals surface area contributed by atoms with Crippen molar-refractivity contribution in [1.82, 2.24) is 14.5 Å². The van der Waals surface area contributed by atoms with E-state index in [0.29, 0.717) is 16.9 Å². The number of hydrogen-bond acceptors (Lipinski definition) is 7. The van der Waals surface area contributed by atoms with Gasteiger partial charge in [-0.2, -0.15) is 0 Å². The number of aromatic nitrogens is 3. The van der Waals surface area contributed by atoms with Gasteiger partial charge in [-0.3, -0.25) is 9.52 Å². The molecule has 9 nitrogen and oxygen atoms in total. The summed E-state index contributed by atoms with van der Waals surface area (Å²) in [6, 6.07) is 5.16. The molecule has 3 aromatic heterocycles. The van der Waals surface area contributed by atoms with Crippen LogP contribution in [-0.2, 0) is 10.0 Å². The molecule has 3 aromatic rings. The van der Waals surface area contributed by atoms with Gasteiger partial charge >= 0.3 is 0 Å². The van der Waals surface area contributed by atoms with Gasteiger partial charge in [0.05, 0.1) is 18.9 Å². The quantitative estimate of drug-likeness (QED) is 0.620. The number of nitrogens with one attached hydrogen (secondary N) is 1. The smallest absolute Gasteiger partial charge is 0.259 e. The Labute approximate surface area is 180 Å². The molecule has 0 aliphatic heterocycles. The van der Waals surface area contributed by atoms with E-state index < -0.39 is 10.0 Å². The van der Waals surface area contributed by atoms with Gasteiger partial charge in [-0.05, 0) is 31.9 Å². The molecule has 1 aliphatic carbocycles. The van der Waals surface area contributed by atoms with Crippen molar-refractivity contribution in [2.24, 2.45) is 0 Å². The number of rotatable bonds is 5. The molecule has 0 aromatic carbocycles. The lowest BCUT2D eigenvalue weighted by Gasteiger charge is -2.20. The Kier molecular flexibility index (Phi) is 5.34. The molecule has 10 heteroatoms. The molecule has 0 unspecified atom stereocenters. The van der Waals surface area contributed by atoms with E-state index in [0.717, 1.165) is 48.5 Å². The largest absolute Gasteiger partial charge is 0.480 e. The van der Waals surface area contributed by atoms with E-state index in [4.69, 9.17) is 10.5 Å². The van der Waals surface area contributed by atoms with Crippen LogP contribution in [0.1, 0.15) is 37.4 Å². The standard InChI is InChI=1S/C21H25N5O4S/c1-12-15-9-16(13-8-17(25-31(3,28)29)20(30-2)23-11-13)21(27)26(14-6-4-5-7-14)18(15)10-19(22)24-12/h8-11,14,25H,4-7H2,1-3H3,(H2,22,24). The molecule has 1 aliphatic rings. The third-order valence-corrected chi connectivity index (χ3v) is 6.18. The van der Waals surface area contributed by atoms with Crippen molar-refractivity contribution in [2.45, 2.75) is 38.6 Å². The fraction of sp³-hybridized carbons (Fsp3) is 0.381. The van der Waals surface area contributed by atoms with E-state index in [1.807, 2.05) is 11.5 Å². The zero-order valence-corrected chi connectivity index (χ0v) is 18.5. The average molecular weight is 444 g/mol. The number of hydrogen-bond donors (Lipinski definition) is 2. The number of fused-ring (bicyclic) bond motifs is 1. The van der Waals surface area contributed by atoms with Gasteiger partial charge in [-0.15, -0.1) is 0 Å². The minimum Gasteiger partial charge on any atom is -0.480 e. The predicted molar refractivity (Wildman–Crippen MR) is 121 cm³/mol. The lowest BCUT2D eigenvalue weighted by atomic mass is 10.0. The van der Waals surface area contributed by atoms with Crippen molar-refractivity contribution in [3.8, 4) is 17.0 Å². The summed E-state index contributed by atoms with van der Waals surface area (Å²) in [5, 5.41) is 0.823. The van der Waals surface area contributed by atoms with Crippen LogP contribution in [0, 0.1) is 6.92 Å². The number of sulfonamides is 1. The molecule has 0 amide bonds. The Bertz CT molecular complexity index is 1330. The zero-order chi connectivity index (χ0) is 22.3. The van der Waals surface area contributed by atoms with Gasteiger partial charge < -0.3 is 15.0 Å². The summed E-state index contributed by atoms with van der Waals surface area (Å²) >= 11 is 0.